The van der Waals surface area contributed by atoms with Gasteiger partial charge in [-0.2, -0.15) is 0 Å². The normalized spacial score (nSPS) is 12.5. The van der Waals surface area contributed by atoms with Crippen LogP contribution in [-0.2, 0) is 11.2 Å². The zero-order valence-corrected chi connectivity index (χ0v) is 9.41. The Kier molecular flexibility index (Phi) is 3.66. The molecule has 3 nitrogen and oxygen atoms in total. The fourth-order valence-electron chi connectivity index (χ4n) is 1.27. The maximum Gasteiger partial charge on any atom is 0.320 e. The van der Waals surface area contributed by atoms with Crippen LogP contribution >= 0.6 is 15.9 Å². The van der Waals surface area contributed by atoms with Gasteiger partial charge >= 0.3 is 5.97 Å². The number of aryl methyl sites for hydroxylation is 1. The van der Waals surface area contributed by atoms with Crippen LogP contribution in [0.2, 0.25) is 0 Å². The average molecular weight is 258 g/mol. The second kappa shape index (κ2) is 4.57. The number of aliphatic carboxylic acids is 1. The molecule has 1 aromatic carbocycles. The van der Waals surface area contributed by atoms with Crippen LogP contribution in [0.3, 0.4) is 0 Å². The van der Waals surface area contributed by atoms with Gasteiger partial charge in [0.15, 0.2) is 0 Å². The molecular formula is C10H12BrNO2. The van der Waals surface area contributed by atoms with Gasteiger partial charge < -0.3 is 10.8 Å². The topological polar surface area (TPSA) is 63.3 Å². The molecule has 0 spiro atoms. The van der Waals surface area contributed by atoms with Crippen molar-refractivity contribution in [2.75, 3.05) is 0 Å². The molecule has 0 aliphatic heterocycles. The standard InChI is InChI=1S/C10H12BrNO2/c1-6-2-7(4-8(11)3-6)5-9(12)10(13)14/h2-4,9H,5,12H2,1H3,(H,13,14)/t9-/m0/s1. The molecule has 0 amide bonds. The van der Waals surface area contributed by atoms with Crippen LogP contribution in [0.5, 0.6) is 0 Å². The third-order valence-electron chi connectivity index (χ3n) is 1.87. The summed E-state index contributed by atoms with van der Waals surface area (Å²) in [6.45, 7) is 1.96. The van der Waals surface area contributed by atoms with Crippen LogP contribution in [0.1, 0.15) is 11.1 Å². The fourth-order valence-corrected chi connectivity index (χ4v) is 1.93. The number of carbonyl (C=O) groups is 1. The minimum Gasteiger partial charge on any atom is -0.480 e. The van der Waals surface area contributed by atoms with E-state index in [0.717, 1.165) is 15.6 Å². The van der Waals surface area contributed by atoms with Crippen molar-refractivity contribution < 1.29 is 9.90 Å². The molecule has 0 aliphatic carbocycles. The highest BCUT2D eigenvalue weighted by Crippen LogP contribution is 2.16. The molecule has 14 heavy (non-hydrogen) atoms. The number of benzene rings is 1. The van der Waals surface area contributed by atoms with Gasteiger partial charge in [-0.25, -0.2) is 0 Å². The van der Waals surface area contributed by atoms with E-state index in [1.54, 1.807) is 0 Å². The van der Waals surface area contributed by atoms with Crippen LogP contribution in [0.25, 0.3) is 0 Å². The molecule has 1 atom stereocenters. The highest BCUT2D eigenvalue weighted by molar-refractivity contribution is 9.10. The van der Waals surface area contributed by atoms with Crippen LogP contribution in [-0.4, -0.2) is 17.1 Å². The molecule has 0 unspecified atom stereocenters. The van der Waals surface area contributed by atoms with Crippen LogP contribution < -0.4 is 5.73 Å². The Bertz CT molecular complexity index is 332. The Hall–Kier alpha value is -0.870. The first-order chi connectivity index (χ1) is 6.49. The predicted molar refractivity (Wildman–Crippen MR) is 58.2 cm³/mol. The summed E-state index contributed by atoms with van der Waals surface area (Å²) in [5.74, 6) is -0.970. The number of hydrogen-bond donors (Lipinski definition) is 2. The van der Waals surface area contributed by atoms with Gasteiger partial charge in [0.05, 0.1) is 0 Å². The molecule has 0 bridgehead atoms. The molecule has 0 aromatic heterocycles. The van der Waals surface area contributed by atoms with Crippen LogP contribution in [0.4, 0.5) is 0 Å². The zero-order valence-electron chi connectivity index (χ0n) is 7.83. The first-order valence-corrected chi connectivity index (χ1v) is 5.03. The molecule has 0 aliphatic rings. The Morgan fingerprint density at radius 1 is 1.57 bits per heavy atom. The number of hydrogen-bond acceptors (Lipinski definition) is 2. The van der Waals surface area contributed by atoms with E-state index in [1.165, 1.54) is 0 Å². The van der Waals surface area contributed by atoms with Gasteiger partial charge in [-0.1, -0.05) is 22.0 Å². The predicted octanol–water partition coefficient (Wildman–Crippen LogP) is 1.71. The van der Waals surface area contributed by atoms with Gasteiger partial charge in [0.2, 0.25) is 0 Å². The van der Waals surface area contributed by atoms with Crippen molar-refractivity contribution in [1.82, 2.24) is 0 Å². The quantitative estimate of drug-likeness (QED) is 0.867. The third kappa shape index (κ3) is 3.12. The summed E-state index contributed by atoms with van der Waals surface area (Å²) < 4.78 is 0.949. The monoisotopic (exact) mass is 257 g/mol. The largest absolute Gasteiger partial charge is 0.480 e. The molecule has 3 N–H and O–H groups in total. The summed E-state index contributed by atoms with van der Waals surface area (Å²) in [6.07, 6.45) is 0.357. The highest BCUT2D eigenvalue weighted by Gasteiger charge is 2.12. The molecular weight excluding hydrogens is 246 g/mol. The smallest absolute Gasteiger partial charge is 0.320 e. The first kappa shape index (κ1) is 11.2. The second-order valence-corrected chi connectivity index (χ2v) is 4.20. The van der Waals surface area contributed by atoms with E-state index in [2.05, 4.69) is 15.9 Å². The number of nitrogens with two attached hydrogens (primary N) is 1. The zero-order chi connectivity index (χ0) is 10.7. The van der Waals surface area contributed by atoms with Gasteiger partial charge in [0, 0.05) is 4.47 Å². The molecule has 0 saturated carbocycles. The van der Waals surface area contributed by atoms with Gasteiger partial charge in [-0.3, -0.25) is 4.79 Å². The van der Waals surface area contributed by atoms with Crippen molar-refractivity contribution in [1.29, 1.82) is 0 Å². The van der Waals surface area contributed by atoms with Gasteiger partial charge in [0.25, 0.3) is 0 Å². The lowest BCUT2D eigenvalue weighted by Crippen LogP contribution is -2.32. The van der Waals surface area contributed by atoms with Gasteiger partial charge in [0.1, 0.15) is 6.04 Å². The molecule has 4 heteroatoms. The lowest BCUT2D eigenvalue weighted by molar-refractivity contribution is -0.138. The molecule has 76 valence electrons. The van der Waals surface area contributed by atoms with E-state index in [4.69, 9.17) is 10.8 Å². The van der Waals surface area contributed by atoms with E-state index in [1.807, 2.05) is 25.1 Å². The number of rotatable bonds is 3. The Morgan fingerprint density at radius 2 is 2.21 bits per heavy atom. The SMILES string of the molecule is Cc1cc(Br)cc(C[C@H](N)C(=O)O)c1. The van der Waals surface area contributed by atoms with E-state index in [0.29, 0.717) is 6.42 Å². The van der Waals surface area contributed by atoms with E-state index in [-0.39, 0.29) is 0 Å². The van der Waals surface area contributed by atoms with E-state index in [9.17, 15) is 4.79 Å². The molecule has 0 heterocycles. The van der Waals surface area contributed by atoms with Crippen molar-refractivity contribution in [2.45, 2.75) is 19.4 Å². The number of carboxylic acid groups (broad SMARTS) is 1. The van der Waals surface area contributed by atoms with Crippen molar-refractivity contribution in [3.8, 4) is 0 Å². The second-order valence-electron chi connectivity index (χ2n) is 3.29. The molecule has 0 radical (unpaired) electrons. The third-order valence-corrected chi connectivity index (χ3v) is 2.33. The van der Waals surface area contributed by atoms with E-state index >= 15 is 0 Å². The highest BCUT2D eigenvalue weighted by atomic mass is 79.9. The van der Waals surface area contributed by atoms with Crippen molar-refractivity contribution in [3.63, 3.8) is 0 Å². The van der Waals surface area contributed by atoms with Crippen molar-refractivity contribution in [3.05, 3.63) is 33.8 Å². The number of halogens is 1. The van der Waals surface area contributed by atoms with Gasteiger partial charge in [-0.05, 0) is 36.6 Å². The van der Waals surface area contributed by atoms with Crippen molar-refractivity contribution >= 4 is 21.9 Å². The summed E-state index contributed by atoms with van der Waals surface area (Å²) in [5.41, 5.74) is 7.46. The summed E-state index contributed by atoms with van der Waals surface area (Å²) in [4.78, 5) is 10.5. The molecule has 0 saturated heterocycles. The Balaban J connectivity index is 2.81. The lowest BCUT2D eigenvalue weighted by atomic mass is 10.0. The summed E-state index contributed by atoms with van der Waals surface area (Å²) in [6, 6.07) is 4.96. The minimum atomic E-state index is -0.970. The average Bonchev–Trinajstić information content (AvgIpc) is 2.01. The summed E-state index contributed by atoms with van der Waals surface area (Å²) in [7, 11) is 0. The van der Waals surface area contributed by atoms with E-state index < -0.39 is 12.0 Å². The Labute approximate surface area is 91.1 Å². The lowest BCUT2D eigenvalue weighted by Gasteiger charge is -2.07. The van der Waals surface area contributed by atoms with Crippen molar-refractivity contribution in [2.24, 2.45) is 5.73 Å². The van der Waals surface area contributed by atoms with Crippen LogP contribution in [0, 0.1) is 6.92 Å². The molecule has 1 rings (SSSR count). The van der Waals surface area contributed by atoms with Gasteiger partial charge in [-0.15, -0.1) is 0 Å². The fraction of sp³-hybridized carbons (Fsp3) is 0.300. The maximum atomic E-state index is 10.5. The molecule has 1 aromatic rings. The maximum absolute atomic E-state index is 10.5. The Morgan fingerprint density at radius 3 is 2.71 bits per heavy atom. The summed E-state index contributed by atoms with van der Waals surface area (Å²) in [5, 5.41) is 8.65. The first-order valence-electron chi connectivity index (χ1n) is 4.23. The number of carboxylic acids is 1. The van der Waals surface area contributed by atoms with Crippen LogP contribution in [0.15, 0.2) is 22.7 Å². The minimum absolute atomic E-state index is 0.357. The molecule has 0 fully saturated rings. The summed E-state index contributed by atoms with van der Waals surface area (Å²) >= 11 is 3.35.